The number of hydrogen-bond acceptors (Lipinski definition) is 3. The minimum atomic E-state index is 0.525. The van der Waals surface area contributed by atoms with Gasteiger partial charge in [-0.15, -0.1) is 0 Å². The molecular formula is C14H17Cl2N3O. The summed E-state index contributed by atoms with van der Waals surface area (Å²) in [7, 11) is 1.56. The molecule has 0 spiro atoms. The van der Waals surface area contributed by atoms with Crippen molar-refractivity contribution in [3.05, 3.63) is 46.5 Å². The van der Waals surface area contributed by atoms with E-state index in [0.717, 1.165) is 31.6 Å². The Bertz CT molecular complexity index is 520. The highest BCUT2D eigenvalue weighted by molar-refractivity contribution is 6.37. The molecule has 0 radical (unpaired) electrons. The van der Waals surface area contributed by atoms with Crippen molar-refractivity contribution in [2.45, 2.75) is 19.5 Å². The van der Waals surface area contributed by atoms with E-state index in [9.17, 15) is 0 Å². The van der Waals surface area contributed by atoms with E-state index in [1.807, 2.05) is 24.7 Å². The lowest BCUT2D eigenvalue weighted by Crippen LogP contribution is -2.16. The number of aryl methyl sites for hydroxylation is 1. The van der Waals surface area contributed by atoms with Crippen molar-refractivity contribution in [2.24, 2.45) is 0 Å². The van der Waals surface area contributed by atoms with E-state index in [1.165, 1.54) is 0 Å². The Morgan fingerprint density at radius 1 is 1.30 bits per heavy atom. The van der Waals surface area contributed by atoms with Crippen LogP contribution in [0.1, 0.15) is 12.0 Å². The van der Waals surface area contributed by atoms with Crippen molar-refractivity contribution in [1.29, 1.82) is 0 Å². The Hall–Kier alpha value is -1.23. The summed E-state index contributed by atoms with van der Waals surface area (Å²) in [5.41, 5.74) is 1.04. The summed E-state index contributed by atoms with van der Waals surface area (Å²) in [6.07, 6.45) is 6.61. The minimum absolute atomic E-state index is 0.525. The average molecular weight is 314 g/mol. The number of methoxy groups -OCH3 is 1. The van der Waals surface area contributed by atoms with Gasteiger partial charge in [-0.25, -0.2) is 4.98 Å². The molecule has 0 aliphatic rings. The van der Waals surface area contributed by atoms with Crippen LogP contribution in [0.2, 0.25) is 10.0 Å². The number of rotatable bonds is 7. The standard InChI is InChI=1S/C14H17Cl2N3O/c1-20-14-12(15)7-11(8-13(14)16)9-17-3-2-5-19-6-4-18-10-19/h4,6-8,10,17H,2-3,5,9H2,1H3. The number of imidazole rings is 1. The van der Waals surface area contributed by atoms with E-state index in [-0.39, 0.29) is 0 Å². The van der Waals surface area contributed by atoms with Crippen molar-refractivity contribution >= 4 is 23.2 Å². The molecule has 0 atom stereocenters. The predicted octanol–water partition coefficient (Wildman–Crippen LogP) is 3.38. The monoisotopic (exact) mass is 313 g/mol. The normalized spacial score (nSPS) is 10.8. The number of nitrogens with one attached hydrogen (secondary N) is 1. The summed E-state index contributed by atoms with van der Waals surface area (Å²) < 4.78 is 7.18. The molecule has 0 aliphatic carbocycles. The highest BCUT2D eigenvalue weighted by atomic mass is 35.5. The predicted molar refractivity (Wildman–Crippen MR) is 81.6 cm³/mol. The van der Waals surface area contributed by atoms with Crippen LogP contribution in [0, 0.1) is 0 Å². The van der Waals surface area contributed by atoms with Gasteiger partial charge in [0.25, 0.3) is 0 Å². The zero-order valence-corrected chi connectivity index (χ0v) is 12.8. The van der Waals surface area contributed by atoms with E-state index < -0.39 is 0 Å². The number of nitrogens with zero attached hydrogens (tertiary/aromatic N) is 2. The summed E-state index contributed by atoms with van der Waals surface area (Å²) in [5, 5.41) is 4.44. The largest absolute Gasteiger partial charge is 0.494 e. The Morgan fingerprint density at radius 2 is 2.05 bits per heavy atom. The van der Waals surface area contributed by atoms with Crippen molar-refractivity contribution in [3.63, 3.8) is 0 Å². The first-order valence-corrected chi connectivity index (χ1v) is 7.14. The highest BCUT2D eigenvalue weighted by Gasteiger charge is 2.08. The second kappa shape index (κ2) is 7.53. The molecular weight excluding hydrogens is 297 g/mol. The number of halogens is 2. The maximum absolute atomic E-state index is 6.09. The summed E-state index contributed by atoms with van der Waals surface area (Å²) >= 11 is 12.2. The Balaban J connectivity index is 1.76. The van der Waals surface area contributed by atoms with Crippen LogP contribution in [-0.4, -0.2) is 23.2 Å². The second-order valence-corrected chi connectivity index (χ2v) is 5.24. The molecule has 2 aromatic rings. The highest BCUT2D eigenvalue weighted by Crippen LogP contribution is 2.33. The smallest absolute Gasteiger partial charge is 0.156 e. The molecule has 4 nitrogen and oxygen atoms in total. The summed E-state index contributed by atoms with van der Waals surface area (Å²) in [5.74, 6) is 0.525. The molecule has 108 valence electrons. The van der Waals surface area contributed by atoms with Gasteiger partial charge in [-0.2, -0.15) is 0 Å². The number of ether oxygens (including phenoxy) is 1. The summed E-state index contributed by atoms with van der Waals surface area (Å²) in [6, 6.07) is 3.74. The molecule has 20 heavy (non-hydrogen) atoms. The van der Waals surface area contributed by atoms with Gasteiger partial charge in [0.2, 0.25) is 0 Å². The molecule has 0 fully saturated rings. The van der Waals surface area contributed by atoms with E-state index in [4.69, 9.17) is 27.9 Å². The van der Waals surface area contributed by atoms with E-state index in [2.05, 4.69) is 14.9 Å². The van der Waals surface area contributed by atoms with Crippen LogP contribution in [0.25, 0.3) is 0 Å². The molecule has 0 aliphatic heterocycles. The van der Waals surface area contributed by atoms with Crippen molar-refractivity contribution in [2.75, 3.05) is 13.7 Å². The van der Waals surface area contributed by atoms with Gasteiger partial charge < -0.3 is 14.6 Å². The first-order chi connectivity index (χ1) is 9.70. The zero-order valence-electron chi connectivity index (χ0n) is 11.3. The molecule has 6 heteroatoms. The van der Waals surface area contributed by atoms with Gasteiger partial charge in [0.05, 0.1) is 23.5 Å². The van der Waals surface area contributed by atoms with E-state index >= 15 is 0 Å². The molecule has 0 bridgehead atoms. The van der Waals surface area contributed by atoms with Gasteiger partial charge in [-0.05, 0) is 30.7 Å². The van der Waals surface area contributed by atoms with Gasteiger partial charge in [0, 0.05) is 25.5 Å². The Kier molecular flexibility index (Phi) is 5.71. The summed E-state index contributed by atoms with van der Waals surface area (Å²) in [6.45, 7) is 2.60. The van der Waals surface area contributed by atoms with Crippen LogP contribution < -0.4 is 10.1 Å². The summed E-state index contributed by atoms with van der Waals surface area (Å²) in [4.78, 5) is 4.01. The van der Waals surface area contributed by atoms with Gasteiger partial charge in [0.15, 0.2) is 5.75 Å². The van der Waals surface area contributed by atoms with Crippen LogP contribution in [-0.2, 0) is 13.1 Å². The molecule has 1 N–H and O–H groups in total. The molecule has 1 aromatic heterocycles. The lowest BCUT2D eigenvalue weighted by molar-refractivity contribution is 0.415. The fraction of sp³-hybridized carbons (Fsp3) is 0.357. The lowest BCUT2D eigenvalue weighted by Gasteiger charge is -2.10. The molecule has 0 saturated heterocycles. The van der Waals surface area contributed by atoms with Gasteiger partial charge in [-0.3, -0.25) is 0 Å². The Morgan fingerprint density at radius 3 is 2.65 bits per heavy atom. The van der Waals surface area contributed by atoms with E-state index in [1.54, 1.807) is 13.3 Å². The second-order valence-electron chi connectivity index (χ2n) is 4.42. The third kappa shape index (κ3) is 4.13. The molecule has 1 aromatic carbocycles. The molecule has 1 heterocycles. The Labute approximate surface area is 128 Å². The fourth-order valence-corrected chi connectivity index (χ4v) is 2.63. The average Bonchev–Trinajstić information content (AvgIpc) is 2.91. The topological polar surface area (TPSA) is 39.1 Å². The quantitative estimate of drug-likeness (QED) is 0.796. The fourth-order valence-electron chi connectivity index (χ4n) is 1.95. The van der Waals surface area contributed by atoms with E-state index in [0.29, 0.717) is 15.8 Å². The number of hydrogen-bond donors (Lipinski definition) is 1. The van der Waals surface area contributed by atoms with Gasteiger partial charge >= 0.3 is 0 Å². The molecule has 0 unspecified atom stereocenters. The van der Waals surface area contributed by atoms with Crippen LogP contribution in [0.3, 0.4) is 0 Å². The first-order valence-electron chi connectivity index (χ1n) is 6.39. The lowest BCUT2D eigenvalue weighted by atomic mass is 10.2. The van der Waals surface area contributed by atoms with Crippen molar-refractivity contribution < 1.29 is 4.74 Å². The van der Waals surface area contributed by atoms with Crippen molar-refractivity contribution in [1.82, 2.24) is 14.9 Å². The maximum atomic E-state index is 6.09. The van der Waals surface area contributed by atoms with Crippen LogP contribution >= 0.6 is 23.2 Å². The number of aromatic nitrogens is 2. The zero-order chi connectivity index (χ0) is 14.4. The SMILES string of the molecule is COc1c(Cl)cc(CNCCCn2ccnc2)cc1Cl. The van der Waals surface area contributed by atoms with Crippen LogP contribution in [0.15, 0.2) is 30.9 Å². The molecule has 0 saturated carbocycles. The minimum Gasteiger partial charge on any atom is -0.494 e. The third-order valence-electron chi connectivity index (χ3n) is 2.92. The molecule has 0 amide bonds. The van der Waals surface area contributed by atoms with Gasteiger partial charge in [0.1, 0.15) is 0 Å². The van der Waals surface area contributed by atoms with Crippen LogP contribution in [0.4, 0.5) is 0 Å². The number of benzene rings is 1. The van der Waals surface area contributed by atoms with Crippen molar-refractivity contribution in [3.8, 4) is 5.75 Å². The molecule has 2 rings (SSSR count). The maximum Gasteiger partial charge on any atom is 0.156 e. The third-order valence-corrected chi connectivity index (χ3v) is 3.48. The van der Waals surface area contributed by atoms with Gasteiger partial charge in [-0.1, -0.05) is 23.2 Å². The van der Waals surface area contributed by atoms with Crippen LogP contribution in [0.5, 0.6) is 5.75 Å². The first kappa shape index (κ1) is 15.2.